The van der Waals surface area contributed by atoms with E-state index in [1.165, 1.54) is 6.26 Å². The SMILES string of the molecule is COc1c(C(C)(C)C)cc(-c2ccc[nH]c2=O)c2ncc(C(NS(C)(=O)=O)[C@H]3CCNC3)cc12. The standard InChI is InChI=1S/C25H32N4O4S/c1-25(2,3)20-12-18(17-7-6-9-27-24(17)30)22-19(23(20)33-4)11-16(14-28-22)21(29-34(5,31)32)15-8-10-26-13-15/h6-7,9,11-12,14-15,21,26,29H,8,10,13H2,1-5H3,(H,27,30)/t15-,21?/m0/s1. The molecule has 8 nitrogen and oxygen atoms in total. The van der Waals surface area contributed by atoms with Crippen LogP contribution in [0.2, 0.25) is 0 Å². The molecule has 0 aliphatic carbocycles. The third-order valence-corrected chi connectivity index (χ3v) is 7.01. The van der Waals surface area contributed by atoms with E-state index in [4.69, 9.17) is 9.72 Å². The molecule has 9 heteroatoms. The highest BCUT2D eigenvalue weighted by Crippen LogP contribution is 2.42. The topological polar surface area (TPSA) is 113 Å². The van der Waals surface area contributed by atoms with Gasteiger partial charge in [-0.3, -0.25) is 9.78 Å². The number of aromatic amines is 1. The molecule has 1 fully saturated rings. The number of aromatic nitrogens is 2. The van der Waals surface area contributed by atoms with Crippen LogP contribution in [0.5, 0.6) is 5.75 Å². The van der Waals surface area contributed by atoms with Crippen molar-refractivity contribution in [1.29, 1.82) is 0 Å². The summed E-state index contributed by atoms with van der Waals surface area (Å²) in [5, 5.41) is 4.06. The maximum atomic E-state index is 12.7. The number of hydrogen-bond donors (Lipinski definition) is 3. The lowest BCUT2D eigenvalue weighted by molar-refractivity contribution is 0.402. The predicted molar refractivity (Wildman–Crippen MR) is 135 cm³/mol. The third kappa shape index (κ3) is 4.87. The molecule has 2 aromatic heterocycles. The van der Waals surface area contributed by atoms with Crippen molar-refractivity contribution >= 4 is 20.9 Å². The second-order valence-electron chi connectivity index (χ2n) is 9.95. The molecule has 1 unspecified atom stereocenters. The van der Waals surface area contributed by atoms with Gasteiger partial charge in [-0.2, -0.15) is 0 Å². The molecule has 1 aliphatic rings. The molecule has 0 bridgehead atoms. The summed E-state index contributed by atoms with van der Waals surface area (Å²) in [5.74, 6) is 0.776. The van der Waals surface area contributed by atoms with E-state index >= 15 is 0 Å². The Morgan fingerprint density at radius 1 is 1.24 bits per heavy atom. The van der Waals surface area contributed by atoms with Gasteiger partial charge in [0.1, 0.15) is 5.75 Å². The van der Waals surface area contributed by atoms with E-state index in [0.29, 0.717) is 22.4 Å². The summed E-state index contributed by atoms with van der Waals surface area (Å²) in [4.78, 5) is 20.2. The largest absolute Gasteiger partial charge is 0.496 e. The molecular weight excluding hydrogens is 452 g/mol. The minimum atomic E-state index is -3.45. The number of H-pyrrole nitrogens is 1. The zero-order valence-electron chi connectivity index (χ0n) is 20.2. The third-order valence-electron chi connectivity index (χ3n) is 6.33. The van der Waals surface area contributed by atoms with Crippen LogP contribution < -0.4 is 20.3 Å². The zero-order chi connectivity index (χ0) is 24.7. The van der Waals surface area contributed by atoms with E-state index in [0.717, 1.165) is 36.0 Å². The van der Waals surface area contributed by atoms with Gasteiger partial charge in [-0.1, -0.05) is 20.8 Å². The molecule has 0 saturated carbocycles. The number of nitrogens with one attached hydrogen (secondary N) is 3. The molecule has 1 aromatic carbocycles. The second-order valence-corrected chi connectivity index (χ2v) is 11.7. The lowest BCUT2D eigenvalue weighted by Crippen LogP contribution is -2.33. The number of nitrogens with zero attached hydrogens (tertiary/aromatic N) is 1. The van der Waals surface area contributed by atoms with Crippen LogP contribution in [0.4, 0.5) is 0 Å². The van der Waals surface area contributed by atoms with E-state index in [1.54, 1.807) is 31.6 Å². The molecule has 0 amide bonds. The highest BCUT2D eigenvalue weighted by atomic mass is 32.2. The van der Waals surface area contributed by atoms with Gasteiger partial charge in [0.25, 0.3) is 5.56 Å². The average Bonchev–Trinajstić information content (AvgIpc) is 3.30. The van der Waals surface area contributed by atoms with Crippen LogP contribution in [0.3, 0.4) is 0 Å². The number of hydrogen-bond acceptors (Lipinski definition) is 6. The molecule has 3 N–H and O–H groups in total. The monoisotopic (exact) mass is 484 g/mol. The summed E-state index contributed by atoms with van der Waals surface area (Å²) in [6, 6.07) is 7.08. The first-order chi connectivity index (χ1) is 16.0. The van der Waals surface area contributed by atoms with Gasteiger partial charge in [0.15, 0.2) is 0 Å². The van der Waals surface area contributed by atoms with E-state index in [2.05, 4.69) is 35.8 Å². The fraction of sp³-hybridized carbons (Fsp3) is 0.440. The number of ether oxygens (including phenoxy) is 1. The second kappa shape index (κ2) is 9.13. The maximum absolute atomic E-state index is 12.7. The number of methoxy groups -OCH3 is 1. The molecule has 182 valence electrons. The molecule has 34 heavy (non-hydrogen) atoms. The molecule has 0 radical (unpaired) electrons. The first-order valence-electron chi connectivity index (χ1n) is 11.4. The molecule has 2 atom stereocenters. The summed E-state index contributed by atoms with van der Waals surface area (Å²) in [5.41, 5.74) is 3.10. The number of benzene rings is 1. The van der Waals surface area contributed by atoms with Crippen molar-refractivity contribution < 1.29 is 13.2 Å². The number of pyridine rings is 2. The normalized spacial score (nSPS) is 17.7. The quantitative estimate of drug-likeness (QED) is 0.496. The molecular formula is C25H32N4O4S. The van der Waals surface area contributed by atoms with Gasteiger partial charge in [-0.05, 0) is 60.7 Å². The van der Waals surface area contributed by atoms with Gasteiger partial charge in [0, 0.05) is 34.5 Å². The van der Waals surface area contributed by atoms with Crippen molar-refractivity contribution in [2.45, 2.75) is 38.6 Å². The fourth-order valence-corrected chi connectivity index (χ4v) is 5.50. The Morgan fingerprint density at radius 3 is 2.59 bits per heavy atom. The first-order valence-corrected chi connectivity index (χ1v) is 13.3. The molecule has 0 spiro atoms. The van der Waals surface area contributed by atoms with Crippen LogP contribution in [-0.4, -0.2) is 44.8 Å². The van der Waals surface area contributed by atoms with Crippen molar-refractivity contribution in [2.24, 2.45) is 5.92 Å². The Bertz CT molecular complexity index is 1370. The van der Waals surface area contributed by atoms with Gasteiger partial charge >= 0.3 is 0 Å². The summed E-state index contributed by atoms with van der Waals surface area (Å²) >= 11 is 0. The highest BCUT2D eigenvalue weighted by Gasteiger charge is 2.30. The van der Waals surface area contributed by atoms with Crippen molar-refractivity contribution in [2.75, 3.05) is 26.5 Å². The summed E-state index contributed by atoms with van der Waals surface area (Å²) in [6.07, 6.45) is 5.34. The average molecular weight is 485 g/mol. The minimum Gasteiger partial charge on any atom is -0.496 e. The van der Waals surface area contributed by atoms with Crippen LogP contribution in [0.15, 0.2) is 41.5 Å². The molecule has 1 aliphatic heterocycles. The van der Waals surface area contributed by atoms with Gasteiger partial charge in [-0.25, -0.2) is 13.1 Å². The Balaban J connectivity index is 2.02. The van der Waals surface area contributed by atoms with Crippen molar-refractivity contribution in [3.05, 3.63) is 58.1 Å². The zero-order valence-corrected chi connectivity index (χ0v) is 21.0. The van der Waals surface area contributed by atoms with Crippen LogP contribution in [0.1, 0.15) is 44.4 Å². The lowest BCUT2D eigenvalue weighted by Gasteiger charge is -2.27. The first kappa shape index (κ1) is 24.4. The Labute approximate surface area is 200 Å². The van der Waals surface area contributed by atoms with Crippen LogP contribution >= 0.6 is 0 Å². The van der Waals surface area contributed by atoms with Crippen LogP contribution in [0.25, 0.3) is 22.0 Å². The van der Waals surface area contributed by atoms with E-state index in [1.807, 2.05) is 12.1 Å². The Kier molecular flexibility index (Phi) is 6.54. The van der Waals surface area contributed by atoms with Crippen LogP contribution in [-0.2, 0) is 15.4 Å². The van der Waals surface area contributed by atoms with Crippen molar-refractivity contribution in [3.8, 4) is 16.9 Å². The maximum Gasteiger partial charge on any atom is 0.255 e. The predicted octanol–water partition coefficient (Wildman–Crippen LogP) is 3.10. The summed E-state index contributed by atoms with van der Waals surface area (Å²) < 4.78 is 33.1. The number of fused-ring (bicyclic) bond motifs is 1. The van der Waals surface area contributed by atoms with E-state index in [9.17, 15) is 13.2 Å². The minimum absolute atomic E-state index is 0.0993. The molecule has 4 rings (SSSR count). The summed E-state index contributed by atoms with van der Waals surface area (Å²) in [6.45, 7) is 7.82. The fourth-order valence-electron chi connectivity index (χ4n) is 4.71. The number of rotatable bonds is 6. The van der Waals surface area contributed by atoms with Gasteiger partial charge in [0.05, 0.1) is 24.9 Å². The van der Waals surface area contributed by atoms with E-state index < -0.39 is 16.1 Å². The summed E-state index contributed by atoms with van der Waals surface area (Å²) in [7, 11) is -1.82. The van der Waals surface area contributed by atoms with Gasteiger partial charge < -0.3 is 15.0 Å². The van der Waals surface area contributed by atoms with Gasteiger partial charge in [0.2, 0.25) is 10.0 Å². The Hall–Kier alpha value is -2.75. The molecule has 3 aromatic rings. The van der Waals surface area contributed by atoms with E-state index in [-0.39, 0.29) is 16.9 Å². The molecule has 1 saturated heterocycles. The number of sulfonamides is 1. The van der Waals surface area contributed by atoms with Crippen molar-refractivity contribution in [3.63, 3.8) is 0 Å². The molecule has 3 heterocycles. The van der Waals surface area contributed by atoms with Gasteiger partial charge in [-0.15, -0.1) is 0 Å². The Morgan fingerprint density at radius 2 is 2.00 bits per heavy atom. The van der Waals surface area contributed by atoms with Crippen molar-refractivity contribution in [1.82, 2.24) is 20.0 Å². The van der Waals surface area contributed by atoms with Crippen LogP contribution in [0, 0.1) is 5.92 Å². The highest BCUT2D eigenvalue weighted by molar-refractivity contribution is 7.88. The lowest BCUT2D eigenvalue weighted by atomic mass is 9.82. The smallest absolute Gasteiger partial charge is 0.255 e.